The molecule has 2 aromatic rings. The molecule has 3 nitrogen and oxygen atoms in total. The van der Waals surface area contributed by atoms with Gasteiger partial charge in [0.2, 0.25) is 5.88 Å². The van der Waals surface area contributed by atoms with Crippen LogP contribution in [0.4, 0.5) is 0 Å². The molecule has 0 aliphatic carbocycles. The highest BCUT2D eigenvalue weighted by Crippen LogP contribution is 2.23. The van der Waals surface area contributed by atoms with Crippen molar-refractivity contribution in [2.75, 3.05) is 0 Å². The van der Waals surface area contributed by atoms with Gasteiger partial charge in [0.25, 0.3) is 0 Å². The molecule has 0 unspecified atom stereocenters. The smallest absolute Gasteiger partial charge is 0.219 e. The third-order valence-corrected chi connectivity index (χ3v) is 2.98. The van der Waals surface area contributed by atoms with Crippen molar-refractivity contribution in [2.24, 2.45) is 0 Å². The maximum Gasteiger partial charge on any atom is 0.219 e. The largest absolute Gasteiger partial charge is 0.439 e. The molecular weight excluding hydrogens is 304 g/mol. The Hall–Kier alpha value is -1.39. The van der Waals surface area contributed by atoms with Crippen LogP contribution in [0.25, 0.3) is 0 Å². The Morgan fingerprint density at radius 2 is 2.00 bits per heavy atom. The summed E-state index contributed by atoms with van der Waals surface area (Å²) in [6.07, 6.45) is 0. The lowest BCUT2D eigenvalue weighted by Crippen LogP contribution is -2.22. The van der Waals surface area contributed by atoms with Crippen molar-refractivity contribution in [1.82, 2.24) is 10.3 Å². The number of hydrogen-bond donors (Lipinski definition) is 1. The molecule has 0 spiro atoms. The lowest BCUT2D eigenvalue weighted by molar-refractivity contribution is 0.458. The summed E-state index contributed by atoms with van der Waals surface area (Å²) in [7, 11) is 0. The fraction of sp³-hybridized carbons (Fsp3) is 0.267. The van der Waals surface area contributed by atoms with Crippen LogP contribution in [0.15, 0.2) is 46.9 Å². The number of hydrogen-bond acceptors (Lipinski definition) is 3. The first-order valence-corrected chi connectivity index (χ1v) is 7.05. The van der Waals surface area contributed by atoms with Gasteiger partial charge >= 0.3 is 0 Å². The Bertz CT molecular complexity index is 543. The number of aromatic nitrogens is 1. The summed E-state index contributed by atoms with van der Waals surface area (Å²) >= 11 is 3.42. The first-order chi connectivity index (χ1) is 9.13. The number of pyridine rings is 1. The monoisotopic (exact) mass is 320 g/mol. The summed E-state index contributed by atoms with van der Waals surface area (Å²) in [5.74, 6) is 1.39. The van der Waals surface area contributed by atoms with Crippen LogP contribution in [0.5, 0.6) is 11.6 Å². The summed E-state index contributed by atoms with van der Waals surface area (Å²) in [4.78, 5) is 4.47. The zero-order valence-electron chi connectivity index (χ0n) is 11.1. The maximum absolute atomic E-state index is 5.74. The van der Waals surface area contributed by atoms with E-state index in [1.54, 1.807) is 0 Å². The Morgan fingerprint density at radius 1 is 1.21 bits per heavy atom. The predicted octanol–water partition coefficient (Wildman–Crippen LogP) is 4.13. The van der Waals surface area contributed by atoms with Crippen molar-refractivity contribution in [3.05, 3.63) is 52.6 Å². The maximum atomic E-state index is 5.74. The fourth-order valence-corrected chi connectivity index (χ4v) is 1.95. The molecule has 0 amide bonds. The molecule has 0 aliphatic heterocycles. The van der Waals surface area contributed by atoms with E-state index in [1.807, 2.05) is 42.5 Å². The van der Waals surface area contributed by atoms with E-state index in [0.717, 1.165) is 22.5 Å². The van der Waals surface area contributed by atoms with E-state index in [2.05, 4.69) is 40.1 Å². The van der Waals surface area contributed by atoms with Crippen molar-refractivity contribution in [3.63, 3.8) is 0 Å². The molecule has 100 valence electrons. The molecule has 0 saturated carbocycles. The number of rotatable bonds is 5. The predicted molar refractivity (Wildman–Crippen MR) is 80.4 cm³/mol. The highest BCUT2D eigenvalue weighted by molar-refractivity contribution is 9.10. The zero-order valence-corrected chi connectivity index (χ0v) is 12.6. The molecule has 19 heavy (non-hydrogen) atoms. The number of nitrogens with one attached hydrogen (secondary N) is 1. The molecule has 1 aromatic carbocycles. The van der Waals surface area contributed by atoms with E-state index in [1.165, 1.54) is 0 Å². The third kappa shape index (κ3) is 4.65. The van der Waals surface area contributed by atoms with E-state index in [0.29, 0.717) is 11.9 Å². The summed E-state index contributed by atoms with van der Waals surface area (Å²) in [5, 5.41) is 3.34. The number of nitrogens with zero attached hydrogens (tertiary/aromatic N) is 1. The summed E-state index contributed by atoms with van der Waals surface area (Å²) in [5.41, 5.74) is 0.973. The molecule has 2 rings (SSSR count). The molecule has 0 fully saturated rings. The van der Waals surface area contributed by atoms with Gasteiger partial charge in [-0.1, -0.05) is 41.9 Å². The van der Waals surface area contributed by atoms with Gasteiger partial charge in [0.1, 0.15) is 5.75 Å². The van der Waals surface area contributed by atoms with Crippen molar-refractivity contribution in [2.45, 2.75) is 26.4 Å². The van der Waals surface area contributed by atoms with Crippen LogP contribution in [0, 0.1) is 0 Å². The van der Waals surface area contributed by atoms with Crippen LogP contribution in [-0.4, -0.2) is 11.0 Å². The van der Waals surface area contributed by atoms with Gasteiger partial charge in [0.15, 0.2) is 0 Å². The van der Waals surface area contributed by atoms with Crippen molar-refractivity contribution in [1.29, 1.82) is 0 Å². The Labute approximate surface area is 122 Å². The Morgan fingerprint density at radius 3 is 2.74 bits per heavy atom. The fourth-order valence-electron chi connectivity index (χ4n) is 1.57. The van der Waals surface area contributed by atoms with E-state index < -0.39 is 0 Å². The van der Waals surface area contributed by atoms with E-state index >= 15 is 0 Å². The van der Waals surface area contributed by atoms with Crippen LogP contribution in [0.1, 0.15) is 19.5 Å². The minimum Gasteiger partial charge on any atom is -0.439 e. The second kappa shape index (κ2) is 6.68. The minimum atomic E-state index is 0.441. The summed E-state index contributed by atoms with van der Waals surface area (Å²) in [6.45, 7) is 4.97. The molecule has 0 atom stereocenters. The van der Waals surface area contributed by atoms with Crippen LogP contribution in [0.2, 0.25) is 0 Å². The number of benzene rings is 1. The lowest BCUT2D eigenvalue weighted by Gasteiger charge is -2.09. The molecule has 1 aromatic heterocycles. The second-order valence-electron chi connectivity index (χ2n) is 4.56. The SMILES string of the molecule is CC(C)NCc1cccc(Oc2cccc(Br)c2)n1. The van der Waals surface area contributed by atoms with E-state index in [4.69, 9.17) is 4.74 Å². The quantitative estimate of drug-likeness (QED) is 0.899. The molecule has 4 heteroatoms. The van der Waals surface area contributed by atoms with Gasteiger partial charge < -0.3 is 10.1 Å². The second-order valence-corrected chi connectivity index (χ2v) is 5.48. The standard InChI is InChI=1S/C15H17BrN2O/c1-11(2)17-10-13-6-4-8-15(18-13)19-14-7-3-5-12(16)9-14/h3-9,11,17H,10H2,1-2H3. The number of ether oxygens (including phenoxy) is 1. The first-order valence-electron chi connectivity index (χ1n) is 6.26. The Balaban J connectivity index is 2.06. The Kier molecular flexibility index (Phi) is 4.93. The average Bonchev–Trinajstić information content (AvgIpc) is 2.37. The van der Waals surface area contributed by atoms with Crippen molar-refractivity contribution >= 4 is 15.9 Å². The zero-order chi connectivity index (χ0) is 13.7. The summed E-state index contributed by atoms with van der Waals surface area (Å²) in [6, 6.07) is 14.0. The van der Waals surface area contributed by atoms with Crippen LogP contribution in [-0.2, 0) is 6.54 Å². The molecular formula is C15H17BrN2O. The van der Waals surface area contributed by atoms with E-state index in [9.17, 15) is 0 Å². The van der Waals surface area contributed by atoms with Gasteiger partial charge in [-0.05, 0) is 24.3 Å². The van der Waals surface area contributed by atoms with Crippen LogP contribution < -0.4 is 10.1 Å². The van der Waals surface area contributed by atoms with Gasteiger partial charge in [-0.25, -0.2) is 4.98 Å². The van der Waals surface area contributed by atoms with Crippen molar-refractivity contribution < 1.29 is 4.74 Å². The van der Waals surface area contributed by atoms with Crippen LogP contribution >= 0.6 is 15.9 Å². The molecule has 0 bridgehead atoms. The molecule has 0 radical (unpaired) electrons. The van der Waals surface area contributed by atoms with E-state index in [-0.39, 0.29) is 0 Å². The first kappa shape index (κ1) is 14.0. The van der Waals surface area contributed by atoms with Gasteiger partial charge in [0, 0.05) is 23.1 Å². The summed E-state index contributed by atoms with van der Waals surface area (Å²) < 4.78 is 6.73. The average molecular weight is 321 g/mol. The molecule has 0 aliphatic rings. The lowest BCUT2D eigenvalue weighted by atomic mass is 10.3. The van der Waals surface area contributed by atoms with Gasteiger partial charge in [-0.3, -0.25) is 0 Å². The molecule has 0 saturated heterocycles. The molecule has 1 heterocycles. The normalized spacial score (nSPS) is 10.7. The van der Waals surface area contributed by atoms with Crippen LogP contribution in [0.3, 0.4) is 0 Å². The highest BCUT2D eigenvalue weighted by Gasteiger charge is 2.02. The van der Waals surface area contributed by atoms with Gasteiger partial charge in [0.05, 0.1) is 5.69 Å². The third-order valence-electron chi connectivity index (χ3n) is 2.49. The van der Waals surface area contributed by atoms with Gasteiger partial charge in [-0.15, -0.1) is 0 Å². The molecule has 1 N–H and O–H groups in total. The highest BCUT2D eigenvalue weighted by atomic mass is 79.9. The minimum absolute atomic E-state index is 0.441. The van der Waals surface area contributed by atoms with Gasteiger partial charge in [-0.2, -0.15) is 0 Å². The van der Waals surface area contributed by atoms with Crippen molar-refractivity contribution in [3.8, 4) is 11.6 Å². The number of halogens is 1. The topological polar surface area (TPSA) is 34.1 Å².